The summed E-state index contributed by atoms with van der Waals surface area (Å²) < 4.78 is 0. The normalized spacial score (nSPS) is 17.3. The van der Waals surface area contributed by atoms with Crippen molar-refractivity contribution in [1.82, 2.24) is 0 Å². The zero-order valence-corrected chi connectivity index (χ0v) is 6.72. The average molecular weight is 130 g/mol. The standard InChI is InChI=1S/C8H18O/c1-4-6-8(5-2)7(3)9/h7-9H,4-6H2,1-3H3. The molecular weight excluding hydrogens is 112 g/mol. The van der Waals surface area contributed by atoms with Gasteiger partial charge >= 0.3 is 0 Å². The summed E-state index contributed by atoms with van der Waals surface area (Å²) in [6, 6.07) is 0. The highest BCUT2D eigenvalue weighted by Gasteiger charge is 2.09. The van der Waals surface area contributed by atoms with Gasteiger partial charge in [0.2, 0.25) is 0 Å². The lowest BCUT2D eigenvalue weighted by molar-refractivity contribution is 0.117. The molecule has 56 valence electrons. The highest BCUT2D eigenvalue weighted by Crippen LogP contribution is 2.14. The largest absolute Gasteiger partial charge is 0.393 e. The molecular formula is C8H18O. The molecule has 1 heteroatoms. The Labute approximate surface area is 58.1 Å². The summed E-state index contributed by atoms with van der Waals surface area (Å²) in [6.45, 7) is 6.17. The molecule has 0 aromatic heterocycles. The van der Waals surface area contributed by atoms with Crippen molar-refractivity contribution in [2.75, 3.05) is 0 Å². The molecule has 2 unspecified atom stereocenters. The summed E-state index contributed by atoms with van der Waals surface area (Å²) in [4.78, 5) is 0. The number of hydrogen-bond donors (Lipinski definition) is 1. The Bertz CT molecular complexity index is 59.6. The zero-order chi connectivity index (χ0) is 7.28. The van der Waals surface area contributed by atoms with Crippen molar-refractivity contribution in [3.05, 3.63) is 0 Å². The van der Waals surface area contributed by atoms with Gasteiger partial charge in [0.05, 0.1) is 6.10 Å². The van der Waals surface area contributed by atoms with Crippen LogP contribution in [0.5, 0.6) is 0 Å². The third-order valence-electron chi connectivity index (χ3n) is 1.87. The molecule has 0 rings (SSSR count). The van der Waals surface area contributed by atoms with E-state index in [4.69, 9.17) is 5.11 Å². The van der Waals surface area contributed by atoms with Crippen LogP contribution in [0.1, 0.15) is 40.0 Å². The van der Waals surface area contributed by atoms with Gasteiger partial charge < -0.3 is 5.11 Å². The molecule has 9 heavy (non-hydrogen) atoms. The molecule has 0 radical (unpaired) electrons. The fourth-order valence-corrected chi connectivity index (χ4v) is 1.16. The monoisotopic (exact) mass is 130 g/mol. The van der Waals surface area contributed by atoms with Crippen molar-refractivity contribution in [1.29, 1.82) is 0 Å². The van der Waals surface area contributed by atoms with E-state index in [1.165, 1.54) is 6.42 Å². The van der Waals surface area contributed by atoms with Crippen molar-refractivity contribution >= 4 is 0 Å². The third-order valence-corrected chi connectivity index (χ3v) is 1.87. The SMILES string of the molecule is CCCC(CC)C(C)O. The minimum absolute atomic E-state index is 0.116. The van der Waals surface area contributed by atoms with Crippen molar-refractivity contribution in [3.8, 4) is 0 Å². The van der Waals surface area contributed by atoms with Crippen LogP contribution in [-0.4, -0.2) is 11.2 Å². The van der Waals surface area contributed by atoms with Crippen LogP contribution in [0.2, 0.25) is 0 Å². The minimum atomic E-state index is -0.116. The van der Waals surface area contributed by atoms with Gasteiger partial charge in [-0.1, -0.05) is 26.7 Å². The minimum Gasteiger partial charge on any atom is -0.393 e. The lowest BCUT2D eigenvalue weighted by atomic mass is 9.96. The third kappa shape index (κ3) is 3.52. The van der Waals surface area contributed by atoms with Crippen LogP contribution >= 0.6 is 0 Å². The molecule has 0 aliphatic rings. The highest BCUT2D eigenvalue weighted by molar-refractivity contribution is 4.61. The van der Waals surface area contributed by atoms with Gasteiger partial charge in [0.15, 0.2) is 0 Å². The summed E-state index contributed by atoms with van der Waals surface area (Å²) in [5.74, 6) is 0.523. The van der Waals surface area contributed by atoms with Crippen LogP contribution in [0.15, 0.2) is 0 Å². The van der Waals surface area contributed by atoms with Crippen molar-refractivity contribution < 1.29 is 5.11 Å². The molecule has 0 spiro atoms. The second kappa shape index (κ2) is 4.80. The van der Waals surface area contributed by atoms with Gasteiger partial charge in [-0.3, -0.25) is 0 Å². The van der Waals surface area contributed by atoms with Gasteiger partial charge in [-0.25, -0.2) is 0 Å². The Kier molecular flexibility index (Phi) is 4.78. The molecule has 0 fully saturated rings. The van der Waals surface area contributed by atoms with Crippen LogP contribution in [0.4, 0.5) is 0 Å². The molecule has 0 amide bonds. The summed E-state index contributed by atoms with van der Waals surface area (Å²) in [5.41, 5.74) is 0. The number of rotatable bonds is 4. The topological polar surface area (TPSA) is 20.2 Å². The summed E-state index contributed by atoms with van der Waals surface area (Å²) in [5, 5.41) is 9.14. The fourth-order valence-electron chi connectivity index (χ4n) is 1.16. The average Bonchev–Trinajstić information content (AvgIpc) is 1.82. The van der Waals surface area contributed by atoms with E-state index in [1.807, 2.05) is 6.92 Å². The number of hydrogen-bond acceptors (Lipinski definition) is 1. The summed E-state index contributed by atoms with van der Waals surface area (Å²) in [6.07, 6.45) is 3.33. The molecule has 0 aliphatic carbocycles. The van der Waals surface area contributed by atoms with Crippen LogP contribution in [0, 0.1) is 5.92 Å². The molecule has 0 aliphatic heterocycles. The molecule has 0 aromatic carbocycles. The summed E-state index contributed by atoms with van der Waals surface area (Å²) in [7, 11) is 0. The molecule has 1 N–H and O–H groups in total. The van der Waals surface area contributed by atoms with Crippen molar-refractivity contribution in [2.45, 2.75) is 46.1 Å². The maximum absolute atomic E-state index is 9.14. The first-order chi connectivity index (χ1) is 4.22. The molecule has 2 atom stereocenters. The predicted molar refractivity (Wildman–Crippen MR) is 40.4 cm³/mol. The molecule has 1 nitrogen and oxygen atoms in total. The molecule has 0 saturated heterocycles. The maximum atomic E-state index is 9.14. The first-order valence-corrected chi connectivity index (χ1v) is 3.90. The van der Waals surface area contributed by atoms with Crippen LogP contribution in [-0.2, 0) is 0 Å². The zero-order valence-electron chi connectivity index (χ0n) is 6.72. The highest BCUT2D eigenvalue weighted by atomic mass is 16.3. The van der Waals surface area contributed by atoms with Crippen LogP contribution in [0.3, 0.4) is 0 Å². The molecule has 0 saturated carbocycles. The predicted octanol–water partition coefficient (Wildman–Crippen LogP) is 2.19. The van der Waals surface area contributed by atoms with E-state index in [0.29, 0.717) is 5.92 Å². The van der Waals surface area contributed by atoms with E-state index < -0.39 is 0 Å². The van der Waals surface area contributed by atoms with Crippen LogP contribution in [0.25, 0.3) is 0 Å². The Balaban J connectivity index is 3.41. The van der Waals surface area contributed by atoms with E-state index in [0.717, 1.165) is 12.8 Å². The number of aliphatic hydroxyl groups excluding tert-OH is 1. The first-order valence-electron chi connectivity index (χ1n) is 3.90. The van der Waals surface area contributed by atoms with Gasteiger partial charge in [-0.15, -0.1) is 0 Å². The van der Waals surface area contributed by atoms with Gasteiger partial charge in [-0.2, -0.15) is 0 Å². The van der Waals surface area contributed by atoms with E-state index in [-0.39, 0.29) is 6.10 Å². The first kappa shape index (κ1) is 8.96. The molecule has 0 aromatic rings. The van der Waals surface area contributed by atoms with Crippen molar-refractivity contribution in [2.24, 2.45) is 5.92 Å². The van der Waals surface area contributed by atoms with Gasteiger partial charge in [0.25, 0.3) is 0 Å². The van der Waals surface area contributed by atoms with Gasteiger partial charge in [0.1, 0.15) is 0 Å². The maximum Gasteiger partial charge on any atom is 0.0540 e. The van der Waals surface area contributed by atoms with Gasteiger partial charge in [-0.05, 0) is 19.3 Å². The van der Waals surface area contributed by atoms with E-state index in [1.54, 1.807) is 0 Å². The van der Waals surface area contributed by atoms with Crippen molar-refractivity contribution in [3.63, 3.8) is 0 Å². The summed E-state index contributed by atoms with van der Waals surface area (Å²) >= 11 is 0. The second-order valence-electron chi connectivity index (χ2n) is 2.70. The lowest BCUT2D eigenvalue weighted by Gasteiger charge is -2.15. The number of aliphatic hydroxyl groups is 1. The van der Waals surface area contributed by atoms with Crippen LogP contribution < -0.4 is 0 Å². The smallest absolute Gasteiger partial charge is 0.0540 e. The lowest BCUT2D eigenvalue weighted by Crippen LogP contribution is -2.14. The Morgan fingerprint density at radius 3 is 2.00 bits per heavy atom. The quantitative estimate of drug-likeness (QED) is 0.618. The fraction of sp³-hybridized carbons (Fsp3) is 1.00. The Morgan fingerprint density at radius 1 is 1.33 bits per heavy atom. The van der Waals surface area contributed by atoms with E-state index >= 15 is 0 Å². The van der Waals surface area contributed by atoms with E-state index in [9.17, 15) is 0 Å². The Morgan fingerprint density at radius 2 is 1.89 bits per heavy atom. The van der Waals surface area contributed by atoms with E-state index in [2.05, 4.69) is 13.8 Å². The Hall–Kier alpha value is -0.0400. The molecule has 0 heterocycles. The molecule has 0 bridgehead atoms. The second-order valence-corrected chi connectivity index (χ2v) is 2.70. The van der Waals surface area contributed by atoms with Gasteiger partial charge in [0, 0.05) is 0 Å².